The van der Waals surface area contributed by atoms with E-state index < -0.39 is 0 Å². The molecule has 0 rings (SSSR count). The van der Waals surface area contributed by atoms with E-state index in [-0.39, 0.29) is 3.23 Å². The summed E-state index contributed by atoms with van der Waals surface area (Å²) in [5.74, 6) is 0. The molecule has 0 amide bonds. The van der Waals surface area contributed by atoms with Crippen molar-refractivity contribution in [2.45, 2.75) is 3.23 Å². The number of halogens is 3. The van der Waals surface area contributed by atoms with Gasteiger partial charge in [0.15, 0.2) is 0 Å². The van der Waals surface area contributed by atoms with E-state index in [1.165, 1.54) is 0 Å². The Morgan fingerprint density at radius 2 is 2.00 bits per heavy atom. The van der Waals surface area contributed by atoms with Gasteiger partial charge < -0.3 is 0 Å². The summed E-state index contributed by atoms with van der Waals surface area (Å²) in [6.07, 6.45) is 5.73. The molecule has 52 valence electrons. The van der Waals surface area contributed by atoms with Crippen LogP contribution in [0, 0.1) is 0 Å². The van der Waals surface area contributed by atoms with E-state index in [4.69, 9.17) is 0 Å². The van der Waals surface area contributed by atoms with E-state index in [1.54, 1.807) is 6.08 Å². The lowest BCUT2D eigenvalue weighted by molar-refractivity contribution is 1.38. The fourth-order valence-electron chi connectivity index (χ4n) is 0.270. The normalized spacial score (nSPS) is 12.3. The second-order valence-corrected chi connectivity index (χ2v) is 5.77. The monoisotopic (exact) mass is 316 g/mol. The quantitative estimate of drug-likeness (QED) is 0.551. The first-order chi connectivity index (χ1) is 4.12. The topological polar surface area (TPSA) is 0 Å². The van der Waals surface area contributed by atoms with Crippen LogP contribution < -0.4 is 0 Å². The average molecular weight is 319 g/mol. The first-order valence-corrected chi connectivity index (χ1v) is 5.08. The summed E-state index contributed by atoms with van der Waals surface area (Å²) >= 11 is 10.0. The first-order valence-electron chi connectivity index (χ1n) is 2.37. The molecule has 3 heteroatoms. The summed E-state index contributed by atoms with van der Waals surface area (Å²) in [4.78, 5) is 0. The zero-order valence-electron chi connectivity index (χ0n) is 4.78. The van der Waals surface area contributed by atoms with Crippen molar-refractivity contribution in [3.63, 3.8) is 0 Å². The average Bonchev–Trinajstić information content (AvgIpc) is 1.84. The predicted octanol–water partition coefficient (Wildman–Crippen LogP) is 3.61. The van der Waals surface area contributed by atoms with Crippen molar-refractivity contribution in [1.82, 2.24) is 0 Å². The highest BCUT2D eigenvalue weighted by atomic mass is 79.9. The van der Waals surface area contributed by atoms with Crippen LogP contribution in [0.2, 0.25) is 0 Å². The Morgan fingerprint density at radius 3 is 2.33 bits per heavy atom. The molecule has 0 fully saturated rings. The molecule has 0 heterocycles. The third kappa shape index (κ3) is 5.37. The zero-order chi connectivity index (χ0) is 7.33. The number of hydrogen-bond acceptors (Lipinski definition) is 0. The van der Waals surface area contributed by atoms with Crippen LogP contribution in [0.15, 0.2) is 24.8 Å². The summed E-state index contributed by atoms with van der Waals surface area (Å²) < 4.78 is -0.228. The number of alkyl halides is 3. The smallest absolute Gasteiger partial charge is 0.101 e. The minimum Gasteiger partial charge on any atom is -0.101 e. The number of hydrogen-bond donors (Lipinski definition) is 0. The van der Waals surface area contributed by atoms with Gasteiger partial charge in [-0.15, -0.1) is 6.58 Å². The zero-order valence-corrected chi connectivity index (χ0v) is 9.54. The molecular formula is C6H7Br3. The van der Waals surface area contributed by atoms with E-state index in [2.05, 4.69) is 54.4 Å². The van der Waals surface area contributed by atoms with Crippen molar-refractivity contribution in [3.05, 3.63) is 24.8 Å². The van der Waals surface area contributed by atoms with Crippen LogP contribution in [0.4, 0.5) is 0 Å². The standard InChI is InChI=1S/C6H7Br3/c1-2-6(8,9)4-3-5-7/h2-4H,1,5H2. The Balaban J connectivity index is 3.84. The summed E-state index contributed by atoms with van der Waals surface area (Å²) in [6.45, 7) is 3.62. The van der Waals surface area contributed by atoms with Crippen LogP contribution >= 0.6 is 47.8 Å². The van der Waals surface area contributed by atoms with Gasteiger partial charge in [-0.05, 0) is 0 Å². The maximum Gasteiger partial charge on any atom is 0.116 e. The predicted molar refractivity (Wildman–Crippen MR) is 53.7 cm³/mol. The molecule has 0 spiro atoms. The van der Waals surface area contributed by atoms with Crippen molar-refractivity contribution in [2.24, 2.45) is 0 Å². The van der Waals surface area contributed by atoms with E-state index >= 15 is 0 Å². The second kappa shape index (κ2) is 4.69. The van der Waals surface area contributed by atoms with Crippen molar-refractivity contribution in [2.75, 3.05) is 5.33 Å². The maximum atomic E-state index is 3.62. The molecule has 0 aromatic carbocycles. The lowest BCUT2D eigenvalue weighted by Crippen LogP contribution is -1.99. The first kappa shape index (κ1) is 9.92. The summed E-state index contributed by atoms with van der Waals surface area (Å²) in [5.41, 5.74) is 0. The third-order valence-corrected chi connectivity index (χ3v) is 2.25. The molecule has 0 aliphatic rings. The molecule has 0 aliphatic carbocycles. The van der Waals surface area contributed by atoms with Crippen molar-refractivity contribution >= 4 is 47.8 Å². The largest absolute Gasteiger partial charge is 0.116 e. The molecular weight excluding hydrogens is 312 g/mol. The molecule has 0 aromatic rings. The van der Waals surface area contributed by atoms with E-state index in [1.807, 2.05) is 12.2 Å². The van der Waals surface area contributed by atoms with Gasteiger partial charge in [0.2, 0.25) is 0 Å². The van der Waals surface area contributed by atoms with Gasteiger partial charge in [-0.1, -0.05) is 66.0 Å². The lowest BCUT2D eigenvalue weighted by Gasteiger charge is -2.06. The molecule has 0 saturated carbocycles. The van der Waals surface area contributed by atoms with Gasteiger partial charge in [0.1, 0.15) is 3.23 Å². The molecule has 0 nitrogen and oxygen atoms in total. The highest BCUT2D eigenvalue weighted by Crippen LogP contribution is 2.28. The molecule has 0 bridgehead atoms. The Labute approximate surface area is 80.8 Å². The van der Waals surface area contributed by atoms with E-state index in [0.29, 0.717) is 0 Å². The lowest BCUT2D eigenvalue weighted by atomic mass is 10.4. The molecule has 0 radical (unpaired) electrons. The Bertz CT molecular complexity index is 115. The van der Waals surface area contributed by atoms with Crippen LogP contribution in [0.1, 0.15) is 0 Å². The summed E-state index contributed by atoms with van der Waals surface area (Å²) in [5, 5.41) is 0.861. The SMILES string of the molecule is C=CC(Br)(Br)C=CCBr. The second-order valence-electron chi connectivity index (χ2n) is 1.44. The molecule has 0 saturated heterocycles. The van der Waals surface area contributed by atoms with Gasteiger partial charge >= 0.3 is 0 Å². The van der Waals surface area contributed by atoms with Crippen LogP contribution in [0.25, 0.3) is 0 Å². The number of allylic oxidation sites excluding steroid dienone is 3. The molecule has 0 aliphatic heterocycles. The van der Waals surface area contributed by atoms with Crippen LogP contribution in [-0.4, -0.2) is 8.56 Å². The molecule has 9 heavy (non-hydrogen) atoms. The Morgan fingerprint density at radius 1 is 1.44 bits per heavy atom. The van der Waals surface area contributed by atoms with Crippen molar-refractivity contribution in [1.29, 1.82) is 0 Å². The highest BCUT2D eigenvalue weighted by Gasteiger charge is 2.10. The van der Waals surface area contributed by atoms with Gasteiger partial charge in [0, 0.05) is 5.33 Å². The van der Waals surface area contributed by atoms with Gasteiger partial charge in [0.25, 0.3) is 0 Å². The minimum absolute atomic E-state index is 0.228. The summed E-state index contributed by atoms with van der Waals surface area (Å²) in [6, 6.07) is 0. The highest BCUT2D eigenvalue weighted by molar-refractivity contribution is 9.25. The van der Waals surface area contributed by atoms with Crippen LogP contribution in [0.5, 0.6) is 0 Å². The van der Waals surface area contributed by atoms with Gasteiger partial charge in [-0.3, -0.25) is 0 Å². The van der Waals surface area contributed by atoms with Crippen LogP contribution in [0.3, 0.4) is 0 Å². The number of rotatable bonds is 3. The minimum atomic E-state index is -0.228. The Hall–Kier alpha value is 0.920. The van der Waals surface area contributed by atoms with E-state index in [0.717, 1.165) is 5.33 Å². The molecule has 0 N–H and O–H groups in total. The van der Waals surface area contributed by atoms with E-state index in [9.17, 15) is 0 Å². The van der Waals surface area contributed by atoms with Gasteiger partial charge in [0.05, 0.1) is 0 Å². The Kier molecular flexibility index (Phi) is 5.17. The van der Waals surface area contributed by atoms with Crippen molar-refractivity contribution in [3.8, 4) is 0 Å². The fraction of sp³-hybridized carbons (Fsp3) is 0.333. The van der Waals surface area contributed by atoms with Gasteiger partial charge in [-0.2, -0.15) is 0 Å². The van der Waals surface area contributed by atoms with Gasteiger partial charge in [-0.25, -0.2) is 0 Å². The molecule has 0 unspecified atom stereocenters. The maximum absolute atomic E-state index is 3.62. The van der Waals surface area contributed by atoms with Crippen molar-refractivity contribution < 1.29 is 0 Å². The fourth-order valence-corrected chi connectivity index (χ4v) is 0.830. The van der Waals surface area contributed by atoms with Crippen LogP contribution in [-0.2, 0) is 0 Å². The molecule has 0 aromatic heterocycles. The third-order valence-electron chi connectivity index (χ3n) is 0.701. The molecule has 0 atom stereocenters. The summed E-state index contributed by atoms with van der Waals surface area (Å²) in [7, 11) is 0.